The second-order valence-corrected chi connectivity index (χ2v) is 10.5. The summed E-state index contributed by atoms with van der Waals surface area (Å²) in [4.78, 5) is 12.3. The van der Waals surface area contributed by atoms with E-state index in [0.29, 0.717) is 24.7 Å². The van der Waals surface area contributed by atoms with E-state index >= 15 is 0 Å². The Labute approximate surface area is 179 Å². The second kappa shape index (κ2) is 10.2. The van der Waals surface area contributed by atoms with E-state index in [4.69, 9.17) is 5.11 Å². The van der Waals surface area contributed by atoms with Gasteiger partial charge >= 0.3 is 5.97 Å². The molecule has 4 nitrogen and oxygen atoms in total. The van der Waals surface area contributed by atoms with Gasteiger partial charge in [-0.3, -0.25) is 4.79 Å². The zero-order chi connectivity index (χ0) is 20.9. The molecule has 0 aromatic heterocycles. The number of carboxylic acids is 1. The molecule has 3 unspecified atom stereocenters. The minimum absolute atomic E-state index is 0.0914. The zero-order valence-electron chi connectivity index (χ0n) is 17.6. The molecule has 0 radical (unpaired) electrons. The van der Waals surface area contributed by atoms with Crippen LogP contribution in [0.15, 0.2) is 23.1 Å². The van der Waals surface area contributed by atoms with Gasteiger partial charge in [0, 0.05) is 0 Å². The molecule has 2 aliphatic carbocycles. The van der Waals surface area contributed by atoms with Gasteiger partial charge in [0.15, 0.2) is 0 Å². The minimum atomic E-state index is -0.715. The summed E-state index contributed by atoms with van der Waals surface area (Å²) in [5.41, 5.74) is 0.133. The number of aliphatic hydroxyl groups excluding tert-OH is 1. The van der Waals surface area contributed by atoms with Crippen LogP contribution in [0.25, 0.3) is 0 Å². The predicted octanol–water partition coefficient (Wildman–Crippen LogP) is 5.68. The molecule has 0 saturated heterocycles. The van der Waals surface area contributed by atoms with Gasteiger partial charge in [-0.15, -0.1) is 11.8 Å². The quantitative estimate of drug-likeness (QED) is 0.447. The molecule has 3 rings (SSSR count). The van der Waals surface area contributed by atoms with Crippen LogP contribution in [0.4, 0.5) is 0 Å². The highest BCUT2D eigenvalue weighted by molar-refractivity contribution is 8.04. The van der Waals surface area contributed by atoms with Crippen LogP contribution in [0.5, 0.6) is 0 Å². The SMILES string of the molecule is CCC1(C(O)C/C=C/C2[C@@H](CCCC3=CCC(C(=O)O)S3)CC[C@H]2C#N)CCC1. The van der Waals surface area contributed by atoms with E-state index in [-0.39, 0.29) is 22.7 Å². The molecule has 0 amide bonds. The first-order chi connectivity index (χ1) is 14.0. The van der Waals surface area contributed by atoms with Gasteiger partial charge < -0.3 is 10.2 Å². The highest BCUT2D eigenvalue weighted by Crippen LogP contribution is 2.48. The van der Waals surface area contributed by atoms with Crippen LogP contribution in [0.1, 0.15) is 77.6 Å². The molecule has 3 aliphatic rings. The van der Waals surface area contributed by atoms with Gasteiger partial charge in [-0.25, -0.2) is 0 Å². The normalized spacial score (nSPS) is 32.0. The lowest BCUT2D eigenvalue weighted by molar-refractivity contribution is -0.136. The number of thioether (sulfide) groups is 1. The van der Waals surface area contributed by atoms with Crippen molar-refractivity contribution in [1.82, 2.24) is 0 Å². The van der Waals surface area contributed by atoms with E-state index in [0.717, 1.165) is 51.4 Å². The predicted molar refractivity (Wildman–Crippen MR) is 117 cm³/mol. The standard InChI is InChI=1S/C24H35NO3S/c1-2-24(14-5-15-24)22(26)9-4-8-20-17(10-11-18(20)16-25)6-3-7-19-12-13-21(29-19)23(27)28/h4,8,12,17-18,20-22,26H,2-3,5-7,9-11,13-15H2,1H3,(H,27,28)/b8-4+/t17-,18-,20?,21?,22?/m0/s1. The van der Waals surface area contributed by atoms with Crippen LogP contribution in [-0.4, -0.2) is 27.5 Å². The lowest BCUT2D eigenvalue weighted by Crippen LogP contribution is -2.40. The van der Waals surface area contributed by atoms with Crippen molar-refractivity contribution in [2.24, 2.45) is 23.2 Å². The number of allylic oxidation sites excluding steroid dienone is 3. The Morgan fingerprint density at radius 2 is 2.24 bits per heavy atom. The number of hydrogen-bond donors (Lipinski definition) is 2. The van der Waals surface area contributed by atoms with E-state index in [1.54, 1.807) is 0 Å². The Kier molecular flexibility index (Phi) is 7.87. The number of aliphatic hydroxyl groups is 1. The Hall–Kier alpha value is -1.25. The lowest BCUT2D eigenvalue weighted by Gasteiger charge is -2.45. The van der Waals surface area contributed by atoms with Crippen molar-refractivity contribution < 1.29 is 15.0 Å². The van der Waals surface area contributed by atoms with Gasteiger partial charge in [-0.05, 0) is 86.4 Å². The number of aliphatic carboxylic acids is 1. The molecule has 2 saturated carbocycles. The maximum Gasteiger partial charge on any atom is 0.317 e. The van der Waals surface area contributed by atoms with E-state index < -0.39 is 5.97 Å². The van der Waals surface area contributed by atoms with Crippen molar-refractivity contribution in [2.75, 3.05) is 0 Å². The minimum Gasteiger partial charge on any atom is -0.480 e. The van der Waals surface area contributed by atoms with Gasteiger partial charge in [-0.2, -0.15) is 5.26 Å². The largest absolute Gasteiger partial charge is 0.480 e. The van der Waals surface area contributed by atoms with Crippen molar-refractivity contribution in [3.8, 4) is 6.07 Å². The first-order valence-electron chi connectivity index (χ1n) is 11.3. The fourth-order valence-corrected chi connectivity index (χ4v) is 6.54. The average Bonchev–Trinajstić information content (AvgIpc) is 3.29. The van der Waals surface area contributed by atoms with Gasteiger partial charge in [0.1, 0.15) is 5.25 Å². The Morgan fingerprint density at radius 1 is 1.45 bits per heavy atom. The third-order valence-electron chi connectivity index (χ3n) is 7.63. The summed E-state index contributed by atoms with van der Waals surface area (Å²) in [7, 11) is 0. The molecular weight excluding hydrogens is 382 g/mol. The fourth-order valence-electron chi connectivity index (χ4n) is 5.42. The number of nitriles is 1. The van der Waals surface area contributed by atoms with Crippen LogP contribution in [-0.2, 0) is 4.79 Å². The molecule has 0 bridgehead atoms. The third kappa shape index (κ3) is 5.27. The van der Waals surface area contributed by atoms with Crippen LogP contribution in [0.3, 0.4) is 0 Å². The molecular formula is C24H35NO3S. The first kappa shape index (κ1) is 22.4. The number of hydrogen-bond acceptors (Lipinski definition) is 4. The smallest absolute Gasteiger partial charge is 0.317 e. The van der Waals surface area contributed by atoms with Crippen molar-refractivity contribution in [1.29, 1.82) is 5.26 Å². The average molecular weight is 418 g/mol. The van der Waals surface area contributed by atoms with E-state index in [2.05, 4.69) is 31.2 Å². The molecule has 2 N–H and O–H groups in total. The van der Waals surface area contributed by atoms with Crippen LogP contribution in [0.2, 0.25) is 0 Å². The molecule has 160 valence electrons. The summed E-state index contributed by atoms with van der Waals surface area (Å²) in [6.45, 7) is 2.18. The van der Waals surface area contributed by atoms with Crippen molar-refractivity contribution in [3.05, 3.63) is 23.1 Å². The van der Waals surface area contributed by atoms with Gasteiger partial charge in [-0.1, -0.05) is 31.6 Å². The molecule has 0 aromatic carbocycles. The Morgan fingerprint density at radius 3 is 2.83 bits per heavy atom. The highest BCUT2D eigenvalue weighted by Gasteiger charge is 2.41. The monoisotopic (exact) mass is 417 g/mol. The van der Waals surface area contributed by atoms with Gasteiger partial charge in [0.05, 0.1) is 18.1 Å². The maximum atomic E-state index is 11.1. The van der Waals surface area contributed by atoms with Gasteiger partial charge in [0.25, 0.3) is 0 Å². The van der Waals surface area contributed by atoms with Crippen LogP contribution in [0, 0.1) is 34.5 Å². The second-order valence-electron chi connectivity index (χ2n) is 9.14. The summed E-state index contributed by atoms with van der Waals surface area (Å²) < 4.78 is 0. The molecule has 5 heteroatoms. The number of carboxylic acid groups (broad SMARTS) is 1. The van der Waals surface area contributed by atoms with Gasteiger partial charge in [0.2, 0.25) is 0 Å². The maximum absolute atomic E-state index is 11.1. The van der Waals surface area contributed by atoms with E-state index in [9.17, 15) is 15.2 Å². The third-order valence-corrected chi connectivity index (χ3v) is 8.98. The molecule has 1 aliphatic heterocycles. The van der Waals surface area contributed by atoms with Crippen molar-refractivity contribution in [2.45, 2.75) is 88.9 Å². The summed E-state index contributed by atoms with van der Waals surface area (Å²) in [5, 5.41) is 29.0. The lowest BCUT2D eigenvalue weighted by atomic mass is 9.63. The number of carbonyl (C=O) groups is 1. The van der Waals surface area contributed by atoms with Crippen LogP contribution < -0.4 is 0 Å². The summed E-state index contributed by atoms with van der Waals surface area (Å²) in [6.07, 6.45) is 17.3. The molecule has 0 aromatic rings. The number of nitrogens with zero attached hydrogens (tertiary/aromatic N) is 1. The number of rotatable bonds is 10. The van der Waals surface area contributed by atoms with Crippen molar-refractivity contribution >= 4 is 17.7 Å². The van der Waals surface area contributed by atoms with E-state index in [1.165, 1.54) is 23.1 Å². The summed E-state index contributed by atoms with van der Waals surface area (Å²) >= 11 is 1.50. The Bertz CT molecular complexity index is 671. The van der Waals surface area contributed by atoms with Crippen molar-refractivity contribution in [3.63, 3.8) is 0 Å². The molecule has 5 atom stereocenters. The topological polar surface area (TPSA) is 81.3 Å². The summed E-state index contributed by atoms with van der Waals surface area (Å²) in [6, 6.07) is 2.50. The molecule has 2 fully saturated rings. The fraction of sp³-hybridized carbons (Fsp3) is 0.750. The first-order valence-corrected chi connectivity index (χ1v) is 12.2. The molecule has 0 spiro atoms. The van der Waals surface area contributed by atoms with Crippen LogP contribution >= 0.6 is 11.8 Å². The highest BCUT2D eigenvalue weighted by atomic mass is 32.2. The summed E-state index contributed by atoms with van der Waals surface area (Å²) in [5.74, 6) is 0.198. The van der Waals surface area contributed by atoms with E-state index in [1.807, 2.05) is 0 Å². The molecule has 29 heavy (non-hydrogen) atoms. The molecule has 1 heterocycles. The Balaban J connectivity index is 1.47. The zero-order valence-corrected chi connectivity index (χ0v) is 18.4.